The van der Waals surface area contributed by atoms with Crippen molar-refractivity contribution in [2.75, 3.05) is 13.1 Å². The van der Waals surface area contributed by atoms with E-state index in [-0.39, 0.29) is 17.4 Å². The number of aryl methyl sites for hydroxylation is 1. The Morgan fingerprint density at radius 2 is 2.04 bits per heavy atom. The van der Waals surface area contributed by atoms with Crippen molar-refractivity contribution >= 4 is 5.91 Å². The summed E-state index contributed by atoms with van der Waals surface area (Å²) in [5, 5.41) is 4.22. The number of hydrogen-bond acceptors (Lipinski definition) is 2. The first kappa shape index (κ1) is 18.5. The zero-order chi connectivity index (χ0) is 18.5. The molecule has 2 heterocycles. The van der Waals surface area contributed by atoms with Crippen LogP contribution in [0.2, 0.25) is 0 Å². The van der Waals surface area contributed by atoms with Gasteiger partial charge in [0.15, 0.2) is 0 Å². The van der Waals surface area contributed by atoms with Gasteiger partial charge in [0.2, 0.25) is 0 Å². The third-order valence-corrected chi connectivity index (χ3v) is 5.04. The van der Waals surface area contributed by atoms with E-state index in [0.717, 1.165) is 32.4 Å². The van der Waals surface area contributed by atoms with E-state index in [9.17, 15) is 13.6 Å². The lowest BCUT2D eigenvalue weighted by atomic mass is 9.91. The number of halogens is 2. The third kappa shape index (κ3) is 4.11. The number of amides is 1. The van der Waals surface area contributed by atoms with E-state index in [1.54, 1.807) is 16.9 Å². The van der Waals surface area contributed by atoms with E-state index < -0.39 is 11.6 Å². The van der Waals surface area contributed by atoms with Gasteiger partial charge in [-0.1, -0.05) is 13.0 Å². The molecule has 6 heteroatoms. The van der Waals surface area contributed by atoms with Gasteiger partial charge in [-0.05, 0) is 56.2 Å². The predicted molar refractivity (Wildman–Crippen MR) is 95.8 cm³/mol. The highest BCUT2D eigenvalue weighted by molar-refractivity contribution is 5.92. The van der Waals surface area contributed by atoms with Crippen LogP contribution >= 0.6 is 0 Å². The highest BCUT2D eigenvalue weighted by Gasteiger charge is 2.26. The molecule has 3 rings (SSSR count). The van der Waals surface area contributed by atoms with Crippen LogP contribution in [0, 0.1) is 17.6 Å². The molecule has 1 saturated heterocycles. The highest BCUT2D eigenvalue weighted by Crippen LogP contribution is 2.24. The first-order chi connectivity index (χ1) is 12.6. The molecule has 4 nitrogen and oxygen atoms in total. The van der Waals surface area contributed by atoms with Crippen molar-refractivity contribution in [2.24, 2.45) is 5.92 Å². The second-order valence-electron chi connectivity index (χ2n) is 6.94. The Balaban J connectivity index is 1.62. The zero-order valence-corrected chi connectivity index (χ0v) is 15.1. The van der Waals surface area contributed by atoms with Gasteiger partial charge in [0, 0.05) is 31.4 Å². The van der Waals surface area contributed by atoms with Crippen molar-refractivity contribution in [3.05, 3.63) is 53.4 Å². The van der Waals surface area contributed by atoms with E-state index in [0.29, 0.717) is 25.1 Å². The lowest BCUT2D eigenvalue weighted by molar-refractivity contribution is 0.0655. The smallest absolute Gasteiger partial charge is 0.272 e. The van der Waals surface area contributed by atoms with Gasteiger partial charge in [0.1, 0.15) is 17.3 Å². The van der Waals surface area contributed by atoms with Crippen LogP contribution in [-0.4, -0.2) is 33.7 Å². The Kier molecular flexibility index (Phi) is 6.01. The standard InChI is InChI=1S/C20H25F2N3O/c1-2-12-25-19(10-11-23-25)20(26)24-13-4-5-15(14-24)8-9-16-17(21)6-3-7-18(16)22/h3,6-7,10-11,15H,2,4-5,8-9,12-14H2,1H3. The Bertz CT molecular complexity index is 739. The Morgan fingerprint density at radius 3 is 2.77 bits per heavy atom. The van der Waals surface area contributed by atoms with Gasteiger partial charge in [-0.2, -0.15) is 5.10 Å². The van der Waals surface area contributed by atoms with Gasteiger partial charge in [0.05, 0.1) is 0 Å². The first-order valence-electron chi connectivity index (χ1n) is 9.34. The Hall–Kier alpha value is -2.24. The lowest BCUT2D eigenvalue weighted by Crippen LogP contribution is -2.41. The summed E-state index contributed by atoms with van der Waals surface area (Å²) in [7, 11) is 0. The fraction of sp³-hybridized carbons (Fsp3) is 0.500. The van der Waals surface area contributed by atoms with E-state index >= 15 is 0 Å². The number of benzene rings is 1. The molecule has 1 atom stereocenters. The van der Waals surface area contributed by atoms with Crippen molar-refractivity contribution in [1.29, 1.82) is 0 Å². The summed E-state index contributed by atoms with van der Waals surface area (Å²) in [6.07, 6.45) is 5.51. The minimum atomic E-state index is -0.489. The topological polar surface area (TPSA) is 38.1 Å². The fourth-order valence-electron chi connectivity index (χ4n) is 3.67. The summed E-state index contributed by atoms with van der Waals surface area (Å²) in [5.41, 5.74) is 0.768. The molecule has 0 N–H and O–H groups in total. The molecule has 1 aromatic carbocycles. The number of carbonyl (C=O) groups is 1. The summed E-state index contributed by atoms with van der Waals surface area (Å²) in [4.78, 5) is 14.7. The summed E-state index contributed by atoms with van der Waals surface area (Å²) < 4.78 is 29.3. The van der Waals surface area contributed by atoms with E-state index in [1.807, 2.05) is 4.90 Å². The highest BCUT2D eigenvalue weighted by atomic mass is 19.1. The van der Waals surface area contributed by atoms with Gasteiger partial charge >= 0.3 is 0 Å². The maximum atomic E-state index is 13.8. The molecule has 26 heavy (non-hydrogen) atoms. The fourth-order valence-corrected chi connectivity index (χ4v) is 3.67. The molecule has 1 unspecified atom stereocenters. The molecule has 0 aliphatic carbocycles. The van der Waals surface area contributed by atoms with E-state index in [4.69, 9.17) is 0 Å². The molecule has 0 radical (unpaired) electrons. The second-order valence-corrected chi connectivity index (χ2v) is 6.94. The number of hydrogen-bond donors (Lipinski definition) is 0. The van der Waals surface area contributed by atoms with Crippen molar-refractivity contribution in [3.63, 3.8) is 0 Å². The SMILES string of the molecule is CCCn1nccc1C(=O)N1CCCC(CCc2c(F)cccc2F)C1. The third-order valence-electron chi connectivity index (χ3n) is 5.04. The molecule has 0 saturated carbocycles. The first-order valence-corrected chi connectivity index (χ1v) is 9.34. The van der Waals surface area contributed by atoms with Crippen molar-refractivity contribution in [1.82, 2.24) is 14.7 Å². The average Bonchev–Trinajstić information content (AvgIpc) is 3.09. The van der Waals surface area contributed by atoms with Crippen LogP contribution in [0.5, 0.6) is 0 Å². The van der Waals surface area contributed by atoms with Gasteiger partial charge in [-0.15, -0.1) is 0 Å². The number of nitrogens with zero attached hydrogens (tertiary/aromatic N) is 3. The van der Waals surface area contributed by atoms with Crippen molar-refractivity contribution in [2.45, 2.75) is 45.6 Å². The molecular formula is C20H25F2N3O. The molecule has 1 aromatic heterocycles. The van der Waals surface area contributed by atoms with Crippen LogP contribution < -0.4 is 0 Å². The minimum absolute atomic E-state index is 0.00211. The number of aromatic nitrogens is 2. The van der Waals surface area contributed by atoms with Crippen LogP contribution in [-0.2, 0) is 13.0 Å². The van der Waals surface area contributed by atoms with E-state index in [2.05, 4.69) is 12.0 Å². The van der Waals surface area contributed by atoms with Gasteiger partial charge in [-0.3, -0.25) is 9.48 Å². The summed E-state index contributed by atoms with van der Waals surface area (Å²) >= 11 is 0. The molecule has 0 bridgehead atoms. The predicted octanol–water partition coefficient (Wildman–Crippen LogP) is 4.06. The quantitative estimate of drug-likeness (QED) is 0.778. The Morgan fingerprint density at radius 1 is 1.27 bits per heavy atom. The summed E-state index contributed by atoms with van der Waals surface area (Å²) in [6.45, 7) is 4.12. The van der Waals surface area contributed by atoms with Crippen LogP contribution in [0.15, 0.2) is 30.5 Å². The van der Waals surface area contributed by atoms with Gasteiger partial charge in [-0.25, -0.2) is 8.78 Å². The van der Waals surface area contributed by atoms with Crippen LogP contribution in [0.1, 0.15) is 48.7 Å². The number of likely N-dealkylation sites (tertiary alicyclic amines) is 1. The number of carbonyl (C=O) groups excluding carboxylic acids is 1. The number of piperidine rings is 1. The van der Waals surface area contributed by atoms with E-state index in [1.165, 1.54) is 18.2 Å². The summed E-state index contributed by atoms with van der Waals surface area (Å²) in [5.74, 6) is -0.721. The molecule has 0 spiro atoms. The molecular weight excluding hydrogens is 336 g/mol. The molecule has 140 valence electrons. The maximum absolute atomic E-state index is 13.8. The lowest BCUT2D eigenvalue weighted by Gasteiger charge is -2.33. The van der Waals surface area contributed by atoms with Gasteiger partial charge < -0.3 is 4.90 Å². The molecule has 1 fully saturated rings. The second kappa shape index (κ2) is 8.43. The largest absolute Gasteiger partial charge is 0.337 e. The minimum Gasteiger partial charge on any atom is -0.337 e. The van der Waals surface area contributed by atoms with Gasteiger partial charge in [0.25, 0.3) is 5.91 Å². The zero-order valence-electron chi connectivity index (χ0n) is 15.1. The Labute approximate surface area is 152 Å². The van der Waals surface area contributed by atoms with Crippen LogP contribution in [0.25, 0.3) is 0 Å². The van der Waals surface area contributed by atoms with Crippen LogP contribution in [0.4, 0.5) is 8.78 Å². The van der Waals surface area contributed by atoms with Crippen molar-refractivity contribution in [3.8, 4) is 0 Å². The molecule has 2 aromatic rings. The van der Waals surface area contributed by atoms with Crippen molar-refractivity contribution < 1.29 is 13.6 Å². The summed E-state index contributed by atoms with van der Waals surface area (Å²) in [6, 6.07) is 5.74. The monoisotopic (exact) mass is 361 g/mol. The maximum Gasteiger partial charge on any atom is 0.272 e. The van der Waals surface area contributed by atoms with Crippen LogP contribution in [0.3, 0.4) is 0 Å². The molecule has 1 aliphatic rings. The molecule has 1 amide bonds. The average molecular weight is 361 g/mol. The molecule has 1 aliphatic heterocycles. The normalized spacial score (nSPS) is 17.5. The number of rotatable bonds is 6.